The van der Waals surface area contributed by atoms with Crippen LogP contribution < -0.4 is 5.32 Å². The zero-order valence-corrected chi connectivity index (χ0v) is 37.9. The van der Waals surface area contributed by atoms with Gasteiger partial charge in [0.15, 0.2) is 0 Å². The molecule has 4 nitrogen and oxygen atoms in total. The van der Waals surface area contributed by atoms with E-state index in [1.54, 1.807) is 0 Å². The summed E-state index contributed by atoms with van der Waals surface area (Å²) < 4.78 is 2.66. The molecule has 0 amide bonds. The van der Waals surface area contributed by atoms with Crippen LogP contribution >= 0.6 is 0 Å². The van der Waals surface area contributed by atoms with Gasteiger partial charge in [0.2, 0.25) is 0 Å². The van der Waals surface area contributed by atoms with Gasteiger partial charge in [-0.2, -0.15) is 0 Å². The summed E-state index contributed by atoms with van der Waals surface area (Å²) >= 11 is 0. The second kappa shape index (κ2) is 19.4. The van der Waals surface area contributed by atoms with Crippen LogP contribution in [0.4, 0.5) is 0 Å². The van der Waals surface area contributed by atoms with Gasteiger partial charge in [0.25, 0.3) is 0 Å². The van der Waals surface area contributed by atoms with Crippen LogP contribution in [-0.2, 0) is 12.0 Å². The standard InChI is InChI=1S/C63H52N4/c1-3-58(50-33-19-8-20-34-50)63(44-46-25-11-4-12-26-46,45-65-62(52-37-23-10-24-38-52)66-61(64-2)51-35-21-9-22-36-51)67-59-40-39-53(47-27-13-5-14-28-47)41-56(59)57-43-54(48-29-15-6-16-30-48)42-55(60(57)67)49-31-17-7-18-32-49/h3-43H,44-45H2,1-2H3,(H,64,65,66)/b58-3-. The smallest absolute Gasteiger partial charge is 0.133 e. The third-order valence-electron chi connectivity index (χ3n) is 12.9. The molecule has 4 heteroatoms. The van der Waals surface area contributed by atoms with Gasteiger partial charge in [-0.05, 0) is 75.7 Å². The van der Waals surface area contributed by atoms with Gasteiger partial charge in [-0.3, -0.25) is 9.98 Å². The van der Waals surface area contributed by atoms with E-state index >= 15 is 0 Å². The molecular weight excluding hydrogens is 813 g/mol. The molecule has 1 unspecified atom stereocenters. The van der Waals surface area contributed by atoms with Gasteiger partial charge in [-0.15, -0.1) is 0 Å². The molecule has 67 heavy (non-hydrogen) atoms. The highest BCUT2D eigenvalue weighted by Gasteiger charge is 2.40. The molecule has 10 aromatic rings. The van der Waals surface area contributed by atoms with Crippen LogP contribution in [0.2, 0.25) is 0 Å². The number of rotatable bonds is 12. The minimum absolute atomic E-state index is 0.382. The number of hydrogen-bond acceptors (Lipinski definition) is 2. The summed E-state index contributed by atoms with van der Waals surface area (Å²) in [5.74, 6) is 1.49. The highest BCUT2D eigenvalue weighted by molar-refractivity contribution is 6.17. The molecule has 0 aliphatic rings. The number of amidine groups is 2. The van der Waals surface area contributed by atoms with E-state index in [9.17, 15) is 0 Å². The van der Waals surface area contributed by atoms with E-state index < -0.39 is 5.54 Å². The van der Waals surface area contributed by atoms with Crippen LogP contribution in [0.5, 0.6) is 0 Å². The van der Waals surface area contributed by atoms with Crippen LogP contribution in [0.25, 0.3) is 60.8 Å². The van der Waals surface area contributed by atoms with E-state index in [0.717, 1.165) is 50.5 Å². The average molecular weight is 865 g/mol. The third kappa shape index (κ3) is 8.66. The van der Waals surface area contributed by atoms with Crippen molar-refractivity contribution in [1.29, 1.82) is 0 Å². The third-order valence-corrected chi connectivity index (χ3v) is 12.9. The van der Waals surface area contributed by atoms with Crippen molar-refractivity contribution in [2.45, 2.75) is 18.9 Å². The molecule has 1 N–H and O–H groups in total. The van der Waals surface area contributed by atoms with Crippen molar-refractivity contribution in [1.82, 2.24) is 9.88 Å². The molecule has 0 bridgehead atoms. The first kappa shape index (κ1) is 42.6. The average Bonchev–Trinajstić information content (AvgIpc) is 3.74. The Morgan fingerprint density at radius 3 is 1.51 bits per heavy atom. The Morgan fingerprint density at radius 1 is 0.478 bits per heavy atom. The fraction of sp³-hybridized carbons (Fsp3) is 0.0794. The lowest BCUT2D eigenvalue weighted by atomic mass is 9.78. The summed E-state index contributed by atoms with van der Waals surface area (Å²) in [5, 5.41) is 6.12. The van der Waals surface area contributed by atoms with Crippen molar-refractivity contribution < 1.29 is 0 Å². The second-order valence-electron chi connectivity index (χ2n) is 16.9. The fourth-order valence-electron chi connectivity index (χ4n) is 9.77. The van der Waals surface area contributed by atoms with Crippen molar-refractivity contribution >= 4 is 39.1 Å². The van der Waals surface area contributed by atoms with E-state index in [2.05, 4.69) is 247 Å². The number of aromatic nitrogens is 1. The number of benzene rings is 9. The zero-order chi connectivity index (χ0) is 45.4. The highest BCUT2D eigenvalue weighted by Crippen LogP contribution is 2.48. The molecule has 1 heterocycles. The van der Waals surface area contributed by atoms with Gasteiger partial charge >= 0.3 is 0 Å². The number of nitrogens with one attached hydrogen (secondary N) is 1. The minimum atomic E-state index is -0.804. The summed E-state index contributed by atoms with van der Waals surface area (Å²) in [6, 6.07) is 86.9. The van der Waals surface area contributed by atoms with E-state index in [1.165, 1.54) is 44.2 Å². The van der Waals surface area contributed by atoms with Crippen LogP contribution in [0.3, 0.4) is 0 Å². The predicted molar refractivity (Wildman–Crippen MR) is 284 cm³/mol. The lowest BCUT2D eigenvalue weighted by Crippen LogP contribution is -2.42. The Kier molecular flexibility index (Phi) is 12.3. The van der Waals surface area contributed by atoms with Gasteiger partial charge in [-0.25, -0.2) is 0 Å². The van der Waals surface area contributed by atoms with Crippen molar-refractivity contribution in [3.05, 3.63) is 271 Å². The Morgan fingerprint density at radius 2 is 0.955 bits per heavy atom. The van der Waals surface area contributed by atoms with Gasteiger partial charge in [0, 0.05) is 40.9 Å². The van der Waals surface area contributed by atoms with Crippen molar-refractivity contribution in [3.63, 3.8) is 0 Å². The summed E-state index contributed by atoms with van der Waals surface area (Å²) in [7, 11) is 1.83. The van der Waals surface area contributed by atoms with E-state index in [-0.39, 0.29) is 0 Å². The van der Waals surface area contributed by atoms with Gasteiger partial charge in [0.1, 0.15) is 11.7 Å². The zero-order valence-electron chi connectivity index (χ0n) is 37.9. The normalized spacial score (nSPS) is 13.1. The molecule has 0 aliphatic carbocycles. The SMILES string of the molecule is C/C=C(/c1ccccc1)C(CN=C(NC(=NC)c1ccccc1)c1ccccc1)(Cc1ccccc1)n1c2ccc(-c3ccccc3)cc2c2cc(-c3ccccc3)cc(-c3ccccc3)c21. The first-order chi connectivity index (χ1) is 33.1. The summed E-state index contributed by atoms with van der Waals surface area (Å²) in [6.07, 6.45) is 2.97. The molecule has 0 saturated heterocycles. The second-order valence-corrected chi connectivity index (χ2v) is 16.9. The molecule has 324 valence electrons. The Balaban J connectivity index is 1.35. The predicted octanol–water partition coefficient (Wildman–Crippen LogP) is 14.9. The molecule has 0 aliphatic heterocycles. The Bertz CT molecular complexity index is 3340. The summed E-state index contributed by atoms with van der Waals surface area (Å²) in [5.41, 5.74) is 14.0. The molecule has 9 aromatic carbocycles. The lowest BCUT2D eigenvalue weighted by molar-refractivity contribution is 0.418. The van der Waals surface area contributed by atoms with Crippen LogP contribution in [0.1, 0.15) is 29.2 Å². The minimum Gasteiger partial charge on any atom is -0.327 e. The van der Waals surface area contributed by atoms with Crippen LogP contribution in [-0.4, -0.2) is 29.8 Å². The van der Waals surface area contributed by atoms with E-state index in [0.29, 0.717) is 13.0 Å². The fourth-order valence-corrected chi connectivity index (χ4v) is 9.77. The van der Waals surface area contributed by atoms with Crippen molar-refractivity contribution in [3.8, 4) is 33.4 Å². The summed E-state index contributed by atoms with van der Waals surface area (Å²) in [4.78, 5) is 10.6. The first-order valence-electron chi connectivity index (χ1n) is 23.1. The Labute approximate surface area is 394 Å². The van der Waals surface area contributed by atoms with E-state index in [4.69, 9.17) is 9.98 Å². The molecule has 0 saturated carbocycles. The summed E-state index contributed by atoms with van der Waals surface area (Å²) in [6.45, 7) is 2.57. The molecular formula is C63H52N4. The van der Waals surface area contributed by atoms with E-state index in [1.807, 2.05) is 25.2 Å². The van der Waals surface area contributed by atoms with Crippen molar-refractivity contribution in [2.75, 3.05) is 13.6 Å². The van der Waals surface area contributed by atoms with Gasteiger partial charge in [0.05, 0.1) is 23.1 Å². The topological polar surface area (TPSA) is 41.7 Å². The number of aliphatic imine (C=N–C) groups is 2. The van der Waals surface area contributed by atoms with Gasteiger partial charge in [-0.1, -0.05) is 224 Å². The van der Waals surface area contributed by atoms with Crippen molar-refractivity contribution in [2.24, 2.45) is 9.98 Å². The number of fused-ring (bicyclic) bond motifs is 3. The largest absolute Gasteiger partial charge is 0.327 e. The molecule has 0 radical (unpaired) electrons. The molecule has 1 atom stereocenters. The highest BCUT2D eigenvalue weighted by atomic mass is 15.1. The molecule has 1 aromatic heterocycles. The molecule has 0 spiro atoms. The van der Waals surface area contributed by atoms with Crippen LogP contribution in [0.15, 0.2) is 259 Å². The maximum absolute atomic E-state index is 5.84. The quantitative estimate of drug-likeness (QED) is 0.0965. The number of hydrogen-bond donors (Lipinski definition) is 1. The van der Waals surface area contributed by atoms with Gasteiger partial charge < -0.3 is 9.88 Å². The monoisotopic (exact) mass is 864 g/mol. The maximum Gasteiger partial charge on any atom is 0.133 e. The maximum atomic E-state index is 5.84. The first-order valence-corrected chi connectivity index (χ1v) is 23.1. The molecule has 10 rings (SSSR count). The lowest BCUT2D eigenvalue weighted by Gasteiger charge is -2.40. The molecule has 0 fully saturated rings. The number of allylic oxidation sites excluding steroid dienone is 1. The van der Waals surface area contributed by atoms with Crippen LogP contribution in [0, 0.1) is 0 Å². The number of nitrogens with zero attached hydrogens (tertiary/aromatic N) is 3. The Hall–Kier alpha value is -8.34.